The maximum Gasteiger partial charge on any atom is 0.356 e. The van der Waals surface area contributed by atoms with Gasteiger partial charge in [0.25, 0.3) is 5.91 Å². The van der Waals surface area contributed by atoms with Gasteiger partial charge in [0.15, 0.2) is 0 Å². The summed E-state index contributed by atoms with van der Waals surface area (Å²) in [5.74, 6) is -0.922. The van der Waals surface area contributed by atoms with Crippen molar-refractivity contribution in [1.82, 2.24) is 9.97 Å². The Morgan fingerprint density at radius 3 is 2.79 bits per heavy atom. The van der Waals surface area contributed by atoms with Crippen molar-refractivity contribution in [1.29, 1.82) is 0 Å². The Balaban J connectivity index is 2.24. The van der Waals surface area contributed by atoms with E-state index in [0.29, 0.717) is 5.69 Å². The van der Waals surface area contributed by atoms with Crippen LogP contribution in [0, 0.1) is 6.92 Å². The number of esters is 1. The molecule has 6 heteroatoms. The van der Waals surface area contributed by atoms with Crippen molar-refractivity contribution >= 4 is 17.6 Å². The number of ether oxygens (including phenoxy) is 1. The van der Waals surface area contributed by atoms with Crippen LogP contribution in [0.2, 0.25) is 0 Å². The summed E-state index contributed by atoms with van der Waals surface area (Å²) < 4.78 is 4.64. The average Bonchev–Trinajstić information content (AvgIpc) is 2.79. The van der Waals surface area contributed by atoms with Crippen molar-refractivity contribution in [3.05, 3.63) is 47.5 Å². The number of nitrogens with one attached hydrogen (secondary N) is 2. The van der Waals surface area contributed by atoms with Crippen molar-refractivity contribution < 1.29 is 14.3 Å². The number of nitrogens with zero attached hydrogens (tertiary/aromatic N) is 1. The monoisotopic (exact) mass is 259 g/mol. The molecule has 0 aliphatic heterocycles. The van der Waals surface area contributed by atoms with Crippen molar-refractivity contribution in [3.8, 4) is 0 Å². The van der Waals surface area contributed by atoms with Gasteiger partial charge in [-0.05, 0) is 25.1 Å². The number of hydrogen-bond donors (Lipinski definition) is 2. The van der Waals surface area contributed by atoms with Gasteiger partial charge in [0.1, 0.15) is 11.4 Å². The number of carbonyl (C=O) groups is 2. The zero-order valence-electron chi connectivity index (χ0n) is 10.6. The van der Waals surface area contributed by atoms with Crippen LogP contribution in [-0.4, -0.2) is 29.0 Å². The number of hydrogen-bond acceptors (Lipinski definition) is 4. The van der Waals surface area contributed by atoms with Crippen molar-refractivity contribution in [2.45, 2.75) is 6.92 Å². The van der Waals surface area contributed by atoms with Crippen molar-refractivity contribution in [3.63, 3.8) is 0 Å². The van der Waals surface area contributed by atoms with E-state index in [1.807, 2.05) is 0 Å². The molecule has 0 bridgehead atoms. The van der Waals surface area contributed by atoms with Crippen molar-refractivity contribution in [2.75, 3.05) is 12.4 Å². The lowest BCUT2D eigenvalue weighted by Crippen LogP contribution is -2.15. The summed E-state index contributed by atoms with van der Waals surface area (Å²) in [7, 11) is 1.28. The van der Waals surface area contributed by atoms with Gasteiger partial charge in [0.2, 0.25) is 0 Å². The third-order valence-electron chi connectivity index (χ3n) is 2.49. The molecule has 1 amide bonds. The second kappa shape index (κ2) is 5.34. The van der Waals surface area contributed by atoms with Gasteiger partial charge in [-0.3, -0.25) is 9.78 Å². The van der Waals surface area contributed by atoms with E-state index in [0.717, 1.165) is 5.69 Å². The van der Waals surface area contributed by atoms with E-state index in [2.05, 4.69) is 20.0 Å². The molecule has 0 saturated heterocycles. The molecule has 6 nitrogen and oxygen atoms in total. The smallest absolute Gasteiger partial charge is 0.356 e. The summed E-state index contributed by atoms with van der Waals surface area (Å²) in [5.41, 5.74) is 1.61. The highest BCUT2D eigenvalue weighted by molar-refractivity contribution is 6.06. The van der Waals surface area contributed by atoms with Gasteiger partial charge in [-0.25, -0.2) is 4.79 Å². The molecule has 0 unspecified atom stereocenters. The number of pyridine rings is 1. The molecule has 0 spiro atoms. The van der Waals surface area contributed by atoms with Gasteiger partial charge in [-0.1, -0.05) is 6.07 Å². The third kappa shape index (κ3) is 2.79. The number of amides is 1. The first-order valence-electron chi connectivity index (χ1n) is 5.62. The van der Waals surface area contributed by atoms with Crippen LogP contribution in [0.1, 0.15) is 26.7 Å². The Morgan fingerprint density at radius 1 is 1.37 bits per heavy atom. The number of aromatic amines is 1. The molecule has 0 saturated carbocycles. The number of aromatic nitrogens is 2. The highest BCUT2D eigenvalue weighted by Gasteiger charge is 2.17. The molecule has 2 aromatic rings. The molecule has 0 aromatic carbocycles. The van der Waals surface area contributed by atoms with Gasteiger partial charge < -0.3 is 15.0 Å². The molecule has 2 heterocycles. The molecule has 0 aliphatic carbocycles. The first kappa shape index (κ1) is 12.8. The SMILES string of the molecule is COC(=O)c1[nH]c(C)cc1NC(=O)c1ccccn1. The Kier molecular flexibility index (Phi) is 3.61. The molecule has 98 valence electrons. The van der Waals surface area contributed by atoms with Crippen LogP contribution in [-0.2, 0) is 4.74 Å². The predicted octanol–water partition coefficient (Wildman–Crippen LogP) is 1.76. The lowest BCUT2D eigenvalue weighted by molar-refractivity contribution is 0.0596. The summed E-state index contributed by atoms with van der Waals surface area (Å²) in [6.45, 7) is 1.78. The first-order chi connectivity index (χ1) is 9.11. The van der Waals surface area contributed by atoms with E-state index >= 15 is 0 Å². The predicted molar refractivity (Wildman–Crippen MR) is 69.1 cm³/mol. The molecular weight excluding hydrogens is 246 g/mol. The minimum atomic E-state index is -0.538. The van der Waals surface area contributed by atoms with Gasteiger partial charge in [0, 0.05) is 11.9 Å². The Bertz CT molecular complexity index is 605. The number of carbonyl (C=O) groups excluding carboxylic acids is 2. The largest absolute Gasteiger partial charge is 0.464 e. The Labute approximate surface area is 109 Å². The number of anilines is 1. The fourth-order valence-corrected chi connectivity index (χ4v) is 1.63. The van der Waals surface area contributed by atoms with E-state index in [4.69, 9.17) is 0 Å². The van der Waals surface area contributed by atoms with Crippen LogP contribution >= 0.6 is 0 Å². The van der Waals surface area contributed by atoms with E-state index in [9.17, 15) is 9.59 Å². The van der Waals surface area contributed by atoms with Gasteiger partial charge in [-0.15, -0.1) is 0 Å². The zero-order valence-corrected chi connectivity index (χ0v) is 10.6. The minimum Gasteiger partial charge on any atom is -0.464 e. The Morgan fingerprint density at radius 2 is 2.16 bits per heavy atom. The maximum atomic E-state index is 11.9. The number of methoxy groups -OCH3 is 1. The molecule has 0 atom stereocenters. The minimum absolute atomic E-state index is 0.212. The van der Waals surface area contributed by atoms with E-state index in [1.54, 1.807) is 31.2 Å². The molecular formula is C13H13N3O3. The average molecular weight is 259 g/mol. The normalized spacial score (nSPS) is 10.0. The fourth-order valence-electron chi connectivity index (χ4n) is 1.63. The maximum absolute atomic E-state index is 11.9. The molecule has 0 radical (unpaired) electrons. The van der Waals surface area contributed by atoms with E-state index in [-0.39, 0.29) is 17.3 Å². The topological polar surface area (TPSA) is 84.1 Å². The number of rotatable bonds is 3. The van der Waals surface area contributed by atoms with Crippen LogP contribution in [0.3, 0.4) is 0 Å². The summed E-state index contributed by atoms with van der Waals surface area (Å²) in [6, 6.07) is 6.68. The van der Waals surface area contributed by atoms with Crippen LogP contribution in [0.15, 0.2) is 30.5 Å². The zero-order chi connectivity index (χ0) is 13.8. The summed E-state index contributed by atoms with van der Waals surface area (Å²) in [5, 5.41) is 2.63. The van der Waals surface area contributed by atoms with Crippen LogP contribution in [0.25, 0.3) is 0 Å². The second-order valence-corrected chi connectivity index (χ2v) is 3.90. The third-order valence-corrected chi connectivity index (χ3v) is 2.49. The van der Waals surface area contributed by atoms with Gasteiger partial charge in [-0.2, -0.15) is 0 Å². The highest BCUT2D eigenvalue weighted by atomic mass is 16.5. The molecule has 2 aromatic heterocycles. The van der Waals surface area contributed by atoms with E-state index < -0.39 is 5.97 Å². The quantitative estimate of drug-likeness (QED) is 0.822. The molecule has 0 aliphatic rings. The summed E-state index contributed by atoms with van der Waals surface area (Å²) in [6.07, 6.45) is 1.53. The summed E-state index contributed by atoms with van der Waals surface area (Å²) in [4.78, 5) is 30.3. The van der Waals surface area contributed by atoms with Crippen LogP contribution < -0.4 is 5.32 Å². The highest BCUT2D eigenvalue weighted by Crippen LogP contribution is 2.18. The molecule has 0 fully saturated rings. The van der Waals surface area contributed by atoms with Gasteiger partial charge in [0.05, 0.1) is 12.8 Å². The van der Waals surface area contributed by atoms with Crippen LogP contribution in [0.4, 0.5) is 5.69 Å². The lowest BCUT2D eigenvalue weighted by Gasteiger charge is -2.04. The van der Waals surface area contributed by atoms with Gasteiger partial charge >= 0.3 is 5.97 Å². The standard InChI is InChI=1S/C13H13N3O3/c1-8-7-10(11(15-8)13(18)19-2)16-12(17)9-5-3-4-6-14-9/h3-7,15H,1-2H3,(H,16,17). The Hall–Kier alpha value is -2.63. The first-order valence-corrected chi connectivity index (χ1v) is 5.62. The second-order valence-electron chi connectivity index (χ2n) is 3.90. The molecule has 2 rings (SSSR count). The number of H-pyrrole nitrogens is 1. The fraction of sp³-hybridized carbons (Fsp3) is 0.154. The number of aryl methyl sites for hydroxylation is 1. The van der Waals surface area contributed by atoms with Crippen LogP contribution in [0.5, 0.6) is 0 Å². The van der Waals surface area contributed by atoms with E-state index in [1.165, 1.54) is 13.3 Å². The summed E-state index contributed by atoms with van der Waals surface area (Å²) >= 11 is 0. The lowest BCUT2D eigenvalue weighted by atomic mass is 10.3. The molecule has 19 heavy (non-hydrogen) atoms. The molecule has 2 N–H and O–H groups in total. The van der Waals surface area contributed by atoms with Crippen molar-refractivity contribution in [2.24, 2.45) is 0 Å².